The van der Waals surface area contributed by atoms with Crippen molar-refractivity contribution in [1.29, 1.82) is 0 Å². The van der Waals surface area contributed by atoms with Crippen LogP contribution in [-0.2, 0) is 61.7 Å². The van der Waals surface area contributed by atoms with Gasteiger partial charge in [-0.25, -0.2) is 4.98 Å². The molecule has 3 heterocycles. The maximum Gasteiger partial charge on any atom is 0.247 e. The smallest absolute Gasteiger partial charge is 0.247 e. The van der Waals surface area contributed by atoms with E-state index in [2.05, 4.69) is 30.1 Å². The van der Waals surface area contributed by atoms with Crippen molar-refractivity contribution in [3.05, 3.63) is 131 Å². The van der Waals surface area contributed by atoms with Gasteiger partial charge >= 0.3 is 0 Å². The third-order valence-electron chi connectivity index (χ3n) is 12.6. The first-order valence-electron chi connectivity index (χ1n) is 23.1. The second-order valence-corrected chi connectivity index (χ2v) is 18.4. The van der Waals surface area contributed by atoms with E-state index in [1.807, 2.05) is 101 Å². The van der Waals surface area contributed by atoms with Crippen molar-refractivity contribution >= 4 is 41.1 Å². The Hall–Kier alpha value is -6.62. The maximum absolute atomic E-state index is 15.0. The lowest BCUT2D eigenvalue weighted by Crippen LogP contribution is -2.57. The molecule has 0 saturated carbocycles. The maximum atomic E-state index is 15.0. The molecule has 1 saturated heterocycles. The van der Waals surface area contributed by atoms with Crippen LogP contribution in [0, 0.1) is 5.92 Å². The number of nitrogens with zero attached hydrogens (tertiary/aromatic N) is 7. The highest BCUT2D eigenvalue weighted by Gasteiger charge is 2.36. The first-order chi connectivity index (χ1) is 33.0. The fraction of sp³-hybridized carbons (Fsp3) is 0.404. The number of rotatable bonds is 13. The molecule has 1 fully saturated rings. The van der Waals surface area contributed by atoms with E-state index < -0.39 is 47.8 Å². The molecule has 0 spiro atoms. The number of hydrogen-bond acceptors (Lipinski definition) is 10. The predicted molar refractivity (Wildman–Crippen MR) is 264 cm³/mol. The minimum Gasteiger partial charge on any atom is -0.455 e. The SMILES string of the molecule is COC[C@@H]1NC(=O)[C@H](C)N(Cc2ncccc2Oc2ccc(-c3cnc(CN(C)C)n3C)cc2)C(=O)C[C@@H](Cc2ccccc2)C(=O)N(C)[C@@H](C)CNC(=O)C[C@H](Cc2ccc(Cl)cc2)N(C)C1=O. The molecule has 366 valence electrons. The first-order valence-corrected chi connectivity index (χ1v) is 23.4. The number of methoxy groups -OCH3 is 1. The van der Waals surface area contributed by atoms with Crippen molar-refractivity contribution in [2.45, 2.75) is 76.8 Å². The summed E-state index contributed by atoms with van der Waals surface area (Å²) in [6.45, 7) is 3.84. The van der Waals surface area contributed by atoms with E-state index in [1.165, 1.54) is 16.9 Å². The molecule has 6 rings (SSSR count). The predicted octanol–water partition coefficient (Wildman–Crippen LogP) is 5.52. The molecule has 1 aliphatic heterocycles. The van der Waals surface area contributed by atoms with Crippen molar-refractivity contribution in [2.75, 3.05) is 48.5 Å². The average molecular weight is 963 g/mol. The van der Waals surface area contributed by atoms with Gasteiger partial charge in [-0.05, 0) is 100 Å². The summed E-state index contributed by atoms with van der Waals surface area (Å²) < 4.78 is 14.0. The number of halogens is 1. The van der Waals surface area contributed by atoms with Crippen molar-refractivity contribution in [3.8, 4) is 22.8 Å². The summed E-state index contributed by atoms with van der Waals surface area (Å²) in [5.74, 6) is -1.32. The Morgan fingerprint density at radius 2 is 1.49 bits per heavy atom. The van der Waals surface area contributed by atoms with Gasteiger partial charge in [0.25, 0.3) is 0 Å². The van der Waals surface area contributed by atoms with E-state index in [9.17, 15) is 24.0 Å². The highest BCUT2D eigenvalue weighted by atomic mass is 35.5. The van der Waals surface area contributed by atoms with E-state index in [4.69, 9.17) is 21.1 Å². The number of benzene rings is 3. The summed E-state index contributed by atoms with van der Waals surface area (Å²) in [5, 5.41) is 6.35. The van der Waals surface area contributed by atoms with Crippen LogP contribution in [0.5, 0.6) is 11.5 Å². The Kier molecular flexibility index (Phi) is 18.1. The van der Waals surface area contributed by atoms with Gasteiger partial charge in [-0.1, -0.05) is 54.1 Å². The lowest BCUT2D eigenvalue weighted by molar-refractivity contribution is -0.147. The zero-order valence-electron chi connectivity index (χ0n) is 40.7. The van der Waals surface area contributed by atoms with Gasteiger partial charge in [-0.3, -0.25) is 29.0 Å². The number of aromatic nitrogens is 3. The van der Waals surface area contributed by atoms with Crippen LogP contribution in [0.25, 0.3) is 11.3 Å². The molecule has 2 aromatic heterocycles. The standard InChI is InChI=1S/C52H64ClN9O7/c1-34-29-56-48(63)28-41(26-37-16-20-40(53)21-17-37)60(6)52(67)44(33-68-8)57-50(65)35(2)62(49(64)27-39(51(66)59(34)5)25-36-13-10-9-11-14-36)31-43-46(15-12-24-54-43)69-42-22-18-38(19-23-42)45-30-55-47(61(45)7)32-58(3)4/h9-24,30,34-35,39,41,44H,25-29,31-33H2,1-8H3,(H,56,63)(H,57,65)/t34-,35-,39+,41-,44-/m0/s1. The summed E-state index contributed by atoms with van der Waals surface area (Å²) in [6, 6.07) is 24.1. The molecule has 69 heavy (non-hydrogen) atoms. The minimum atomic E-state index is -1.19. The molecule has 5 amide bonds. The highest BCUT2D eigenvalue weighted by molar-refractivity contribution is 6.30. The number of carbonyl (C=O) groups is 5. The summed E-state index contributed by atoms with van der Waals surface area (Å²) in [7, 11) is 10.6. The molecule has 0 radical (unpaired) electrons. The molecule has 2 N–H and O–H groups in total. The van der Waals surface area contributed by atoms with Crippen LogP contribution in [-0.4, -0.2) is 136 Å². The number of ether oxygens (including phenoxy) is 2. The Labute approximate surface area is 409 Å². The van der Waals surface area contributed by atoms with Crippen LogP contribution in [0.3, 0.4) is 0 Å². The second-order valence-electron chi connectivity index (χ2n) is 18.0. The zero-order valence-corrected chi connectivity index (χ0v) is 41.5. The molecule has 1 aliphatic rings. The summed E-state index contributed by atoms with van der Waals surface area (Å²) in [6.07, 6.45) is 3.62. The lowest BCUT2D eigenvalue weighted by atomic mass is 9.93. The Morgan fingerprint density at radius 3 is 2.17 bits per heavy atom. The fourth-order valence-corrected chi connectivity index (χ4v) is 8.43. The highest BCUT2D eigenvalue weighted by Crippen LogP contribution is 2.30. The Balaban J connectivity index is 1.34. The topological polar surface area (TPSA) is 172 Å². The molecule has 5 atom stereocenters. The van der Waals surface area contributed by atoms with Gasteiger partial charge in [0.1, 0.15) is 29.4 Å². The molecule has 0 aliphatic carbocycles. The Bertz CT molecular complexity index is 2540. The number of amides is 5. The van der Waals surface area contributed by atoms with E-state index in [-0.39, 0.29) is 50.8 Å². The first kappa shape index (κ1) is 51.8. The zero-order chi connectivity index (χ0) is 49.8. The minimum absolute atomic E-state index is 0.0703. The van der Waals surface area contributed by atoms with E-state index >= 15 is 0 Å². The van der Waals surface area contributed by atoms with Crippen LogP contribution < -0.4 is 15.4 Å². The van der Waals surface area contributed by atoms with Gasteiger partial charge in [0.15, 0.2) is 5.75 Å². The molecule has 0 bridgehead atoms. The van der Waals surface area contributed by atoms with Gasteiger partial charge in [-0.15, -0.1) is 0 Å². The molecular weight excluding hydrogens is 898 g/mol. The van der Waals surface area contributed by atoms with Crippen LogP contribution in [0.2, 0.25) is 5.02 Å². The van der Waals surface area contributed by atoms with Gasteiger partial charge in [0.05, 0.1) is 37.5 Å². The fourth-order valence-electron chi connectivity index (χ4n) is 8.31. The largest absolute Gasteiger partial charge is 0.455 e. The number of nitrogens with one attached hydrogen (secondary N) is 2. The summed E-state index contributed by atoms with van der Waals surface area (Å²) >= 11 is 6.18. The quantitative estimate of drug-likeness (QED) is 0.153. The summed E-state index contributed by atoms with van der Waals surface area (Å²) in [5.41, 5.74) is 3.93. The summed E-state index contributed by atoms with van der Waals surface area (Å²) in [4.78, 5) is 87.8. The monoisotopic (exact) mass is 961 g/mol. The number of imidazole rings is 1. The van der Waals surface area contributed by atoms with Crippen LogP contribution in [0.4, 0.5) is 0 Å². The number of likely N-dealkylation sites (N-methyl/N-ethyl adjacent to an activating group) is 2. The second kappa shape index (κ2) is 24.1. The average Bonchev–Trinajstić information content (AvgIpc) is 3.70. The van der Waals surface area contributed by atoms with E-state index in [0.717, 1.165) is 28.2 Å². The van der Waals surface area contributed by atoms with Crippen molar-refractivity contribution in [2.24, 2.45) is 13.0 Å². The van der Waals surface area contributed by atoms with Crippen molar-refractivity contribution in [3.63, 3.8) is 0 Å². The molecule has 16 nitrogen and oxygen atoms in total. The van der Waals surface area contributed by atoms with E-state index in [0.29, 0.717) is 35.2 Å². The molecular formula is C52H64ClN9O7. The van der Waals surface area contributed by atoms with Gasteiger partial charge in [-0.2, -0.15) is 0 Å². The number of hydrogen-bond donors (Lipinski definition) is 2. The third kappa shape index (κ3) is 13.8. The third-order valence-corrected chi connectivity index (χ3v) is 12.9. The lowest BCUT2D eigenvalue weighted by Gasteiger charge is -2.35. The van der Waals surface area contributed by atoms with E-state index in [1.54, 1.807) is 56.4 Å². The van der Waals surface area contributed by atoms with Crippen molar-refractivity contribution < 1.29 is 33.4 Å². The molecule has 0 unspecified atom stereocenters. The van der Waals surface area contributed by atoms with Crippen LogP contribution in [0.1, 0.15) is 49.3 Å². The molecule has 17 heteroatoms. The van der Waals surface area contributed by atoms with Gasteiger partial charge in [0.2, 0.25) is 29.5 Å². The Morgan fingerprint density at radius 1 is 0.797 bits per heavy atom. The molecule has 3 aromatic carbocycles. The molecule has 5 aromatic rings. The normalized spacial score (nSPS) is 20.4. The number of carbonyl (C=O) groups excluding carboxylic acids is 5. The van der Waals surface area contributed by atoms with Crippen molar-refractivity contribution in [1.82, 2.24) is 44.8 Å². The van der Waals surface area contributed by atoms with Gasteiger partial charge in [0, 0.05) is 76.5 Å². The number of pyridine rings is 1. The van der Waals surface area contributed by atoms with Crippen LogP contribution >= 0.6 is 11.6 Å². The van der Waals surface area contributed by atoms with Gasteiger partial charge < -0.3 is 44.3 Å². The van der Waals surface area contributed by atoms with Crippen LogP contribution in [0.15, 0.2) is 103 Å².